The molecule has 0 aliphatic rings. The predicted molar refractivity (Wildman–Crippen MR) is 80.1 cm³/mol. The van der Waals surface area contributed by atoms with Crippen LogP contribution in [0.25, 0.3) is 6.08 Å². The van der Waals surface area contributed by atoms with Crippen LogP contribution in [0, 0.1) is 12.7 Å². The third-order valence-corrected chi connectivity index (χ3v) is 3.54. The van der Waals surface area contributed by atoms with Crippen LogP contribution in [0.5, 0.6) is 0 Å². The number of amides is 2. The molecule has 0 unspecified atom stereocenters. The van der Waals surface area contributed by atoms with E-state index >= 15 is 0 Å². The summed E-state index contributed by atoms with van der Waals surface area (Å²) in [4.78, 5) is 25.3. The molecule has 0 spiro atoms. The average molecular weight is 304 g/mol. The van der Waals surface area contributed by atoms with Crippen molar-refractivity contribution in [1.29, 1.82) is 0 Å². The lowest BCUT2D eigenvalue weighted by atomic mass is 10.2. The highest BCUT2D eigenvalue weighted by molar-refractivity contribution is 7.12. The number of nitrogens with one attached hydrogen (secondary N) is 2. The summed E-state index contributed by atoms with van der Waals surface area (Å²) < 4.78 is 13.4. The molecule has 2 rings (SSSR count). The molecule has 4 nitrogen and oxygen atoms in total. The number of aryl methyl sites for hydroxylation is 1. The summed E-state index contributed by atoms with van der Waals surface area (Å²) in [5.41, 5.74) is 4.22. The van der Waals surface area contributed by atoms with Crippen molar-refractivity contribution in [3.05, 3.63) is 63.6 Å². The fraction of sp³-hybridized carbons (Fsp3) is 0.0667. The van der Waals surface area contributed by atoms with E-state index in [0.717, 1.165) is 9.75 Å². The normalized spacial score (nSPS) is 10.6. The maximum absolute atomic E-state index is 13.4. The van der Waals surface area contributed by atoms with Crippen molar-refractivity contribution >= 4 is 29.2 Å². The molecule has 2 aromatic rings. The molecule has 1 aromatic heterocycles. The van der Waals surface area contributed by atoms with Gasteiger partial charge in [0.05, 0.1) is 5.56 Å². The van der Waals surface area contributed by atoms with Gasteiger partial charge in [-0.3, -0.25) is 20.4 Å². The molecule has 2 N–H and O–H groups in total. The highest BCUT2D eigenvalue weighted by Crippen LogP contribution is 2.16. The molecule has 6 heteroatoms. The van der Waals surface area contributed by atoms with Crippen molar-refractivity contribution in [2.45, 2.75) is 6.92 Å². The van der Waals surface area contributed by atoms with E-state index < -0.39 is 17.6 Å². The topological polar surface area (TPSA) is 58.2 Å². The van der Waals surface area contributed by atoms with Gasteiger partial charge in [0.2, 0.25) is 0 Å². The van der Waals surface area contributed by atoms with Crippen molar-refractivity contribution in [2.75, 3.05) is 0 Å². The molecule has 0 saturated carbocycles. The van der Waals surface area contributed by atoms with Crippen LogP contribution in [0.15, 0.2) is 42.5 Å². The molecule has 0 aliphatic carbocycles. The quantitative estimate of drug-likeness (QED) is 0.676. The third kappa shape index (κ3) is 4.25. The maximum Gasteiger partial charge on any atom is 0.272 e. The Labute approximate surface area is 125 Å². The van der Waals surface area contributed by atoms with Crippen LogP contribution in [-0.2, 0) is 4.79 Å². The van der Waals surface area contributed by atoms with Crippen LogP contribution in [0.3, 0.4) is 0 Å². The molecule has 0 bridgehead atoms. The molecule has 0 saturated heterocycles. The summed E-state index contributed by atoms with van der Waals surface area (Å²) in [5.74, 6) is -1.85. The monoisotopic (exact) mass is 304 g/mol. The van der Waals surface area contributed by atoms with Gasteiger partial charge in [0, 0.05) is 15.8 Å². The molecular formula is C15H13FN2O2S. The summed E-state index contributed by atoms with van der Waals surface area (Å²) in [7, 11) is 0. The zero-order valence-corrected chi connectivity index (χ0v) is 12.0. The van der Waals surface area contributed by atoms with Gasteiger partial charge in [-0.05, 0) is 37.3 Å². The minimum atomic E-state index is -0.707. The van der Waals surface area contributed by atoms with Crippen LogP contribution >= 0.6 is 11.3 Å². The number of halogens is 1. The Morgan fingerprint density at radius 1 is 1.14 bits per heavy atom. The van der Waals surface area contributed by atoms with Gasteiger partial charge < -0.3 is 0 Å². The van der Waals surface area contributed by atoms with Crippen LogP contribution in [-0.4, -0.2) is 11.8 Å². The number of carbonyl (C=O) groups is 2. The SMILES string of the molecule is Cc1ccc(/C=C/C(=O)NNC(=O)c2ccccc2F)s1. The smallest absolute Gasteiger partial charge is 0.268 e. The molecule has 0 radical (unpaired) electrons. The molecule has 0 aliphatic heterocycles. The van der Waals surface area contributed by atoms with Gasteiger partial charge in [-0.15, -0.1) is 11.3 Å². The summed E-state index contributed by atoms with van der Waals surface area (Å²) in [5, 5.41) is 0. The van der Waals surface area contributed by atoms with Gasteiger partial charge in [0.1, 0.15) is 5.82 Å². The van der Waals surface area contributed by atoms with E-state index in [1.165, 1.54) is 24.3 Å². The van der Waals surface area contributed by atoms with Gasteiger partial charge in [-0.2, -0.15) is 0 Å². The third-order valence-electron chi connectivity index (χ3n) is 2.58. The first kappa shape index (κ1) is 14.9. The van der Waals surface area contributed by atoms with Gasteiger partial charge in [-0.1, -0.05) is 12.1 Å². The Kier molecular flexibility index (Phi) is 4.84. The minimum Gasteiger partial charge on any atom is -0.268 e. The van der Waals surface area contributed by atoms with Crippen LogP contribution < -0.4 is 10.9 Å². The zero-order valence-electron chi connectivity index (χ0n) is 11.2. The second-order valence-electron chi connectivity index (χ2n) is 4.20. The summed E-state index contributed by atoms with van der Waals surface area (Å²) in [6, 6.07) is 9.37. The first-order valence-corrected chi connectivity index (χ1v) is 6.97. The minimum absolute atomic E-state index is 0.129. The number of carbonyl (C=O) groups excluding carboxylic acids is 2. The Morgan fingerprint density at radius 3 is 2.57 bits per heavy atom. The molecule has 108 valence electrons. The summed E-state index contributed by atoms with van der Waals surface area (Å²) >= 11 is 1.55. The molecular weight excluding hydrogens is 291 g/mol. The molecule has 1 heterocycles. The Morgan fingerprint density at radius 2 is 1.90 bits per heavy atom. The van der Waals surface area contributed by atoms with Gasteiger partial charge in [-0.25, -0.2) is 4.39 Å². The summed E-state index contributed by atoms with van der Waals surface area (Å²) in [6.45, 7) is 1.97. The molecule has 1 aromatic carbocycles. The zero-order chi connectivity index (χ0) is 15.2. The van der Waals surface area contributed by atoms with Crippen LogP contribution in [0.2, 0.25) is 0 Å². The Hall–Kier alpha value is -2.47. The first-order valence-electron chi connectivity index (χ1n) is 6.15. The van der Waals surface area contributed by atoms with E-state index in [4.69, 9.17) is 0 Å². The fourth-order valence-electron chi connectivity index (χ4n) is 1.57. The standard InChI is InChI=1S/C15H13FN2O2S/c1-10-6-7-11(21-10)8-9-14(19)17-18-15(20)12-4-2-3-5-13(12)16/h2-9H,1H3,(H,17,19)(H,18,20)/b9-8+. The van der Waals surface area contributed by atoms with Crippen molar-refractivity contribution < 1.29 is 14.0 Å². The van der Waals surface area contributed by atoms with Crippen molar-refractivity contribution in [2.24, 2.45) is 0 Å². The lowest BCUT2D eigenvalue weighted by molar-refractivity contribution is -0.117. The molecule has 0 fully saturated rings. The summed E-state index contributed by atoms with van der Waals surface area (Å²) in [6.07, 6.45) is 2.94. The van der Waals surface area contributed by atoms with Crippen molar-refractivity contribution in [3.63, 3.8) is 0 Å². The van der Waals surface area contributed by atoms with E-state index in [-0.39, 0.29) is 5.56 Å². The molecule has 0 atom stereocenters. The molecule has 2 amide bonds. The van der Waals surface area contributed by atoms with E-state index in [1.807, 2.05) is 19.1 Å². The van der Waals surface area contributed by atoms with Crippen molar-refractivity contribution in [3.8, 4) is 0 Å². The van der Waals surface area contributed by atoms with Crippen molar-refractivity contribution in [1.82, 2.24) is 10.9 Å². The van der Waals surface area contributed by atoms with Gasteiger partial charge in [0.15, 0.2) is 0 Å². The number of hydrazine groups is 1. The first-order chi connectivity index (χ1) is 10.1. The van der Waals surface area contributed by atoms with Crippen LogP contribution in [0.1, 0.15) is 20.1 Å². The number of thiophene rings is 1. The molecule has 21 heavy (non-hydrogen) atoms. The Balaban J connectivity index is 1.88. The number of hydrogen-bond donors (Lipinski definition) is 2. The second kappa shape index (κ2) is 6.81. The van der Waals surface area contributed by atoms with E-state index in [9.17, 15) is 14.0 Å². The highest BCUT2D eigenvalue weighted by atomic mass is 32.1. The number of benzene rings is 1. The van der Waals surface area contributed by atoms with E-state index in [0.29, 0.717) is 0 Å². The predicted octanol–water partition coefficient (Wildman–Crippen LogP) is 2.67. The van der Waals surface area contributed by atoms with E-state index in [2.05, 4.69) is 10.9 Å². The lowest BCUT2D eigenvalue weighted by Crippen LogP contribution is -2.41. The van der Waals surface area contributed by atoms with E-state index in [1.54, 1.807) is 23.5 Å². The Bertz CT molecular complexity index is 694. The fourth-order valence-corrected chi connectivity index (χ4v) is 2.35. The van der Waals surface area contributed by atoms with Gasteiger partial charge in [0.25, 0.3) is 11.8 Å². The average Bonchev–Trinajstić information content (AvgIpc) is 2.89. The number of rotatable bonds is 3. The maximum atomic E-state index is 13.4. The van der Waals surface area contributed by atoms with Crippen LogP contribution in [0.4, 0.5) is 4.39 Å². The lowest BCUT2D eigenvalue weighted by Gasteiger charge is -2.05. The number of hydrogen-bond acceptors (Lipinski definition) is 3. The largest absolute Gasteiger partial charge is 0.272 e. The highest BCUT2D eigenvalue weighted by Gasteiger charge is 2.10. The van der Waals surface area contributed by atoms with Gasteiger partial charge >= 0.3 is 0 Å². The second-order valence-corrected chi connectivity index (χ2v) is 5.52.